The molecule has 0 saturated carbocycles. The number of amides is 1. The van der Waals surface area contributed by atoms with Crippen LogP contribution in [-0.4, -0.2) is 63.6 Å². The molecule has 0 radical (unpaired) electrons. The average molecular weight is 507 g/mol. The normalized spacial score (nSPS) is 14.4. The van der Waals surface area contributed by atoms with Gasteiger partial charge in [-0.1, -0.05) is 22.8 Å². The zero-order chi connectivity index (χ0) is 25.2. The maximum atomic E-state index is 11.3. The SMILES string of the molecule is Cc1noc(C)c1-c1ccc2nc(N3CCN(CC(N)=O)CC3)nc(NCc3cncc(Cl)c3)c2c1. The number of fused-ring (bicyclic) bond motifs is 1. The summed E-state index contributed by atoms with van der Waals surface area (Å²) < 4.78 is 5.38. The molecule has 1 fully saturated rings. The lowest BCUT2D eigenvalue weighted by Gasteiger charge is -2.34. The van der Waals surface area contributed by atoms with E-state index in [0.29, 0.717) is 49.5 Å². The molecule has 0 atom stereocenters. The number of carbonyl (C=O) groups excluding carboxylic acids is 1. The third-order valence-corrected chi connectivity index (χ3v) is 6.47. The summed E-state index contributed by atoms with van der Waals surface area (Å²) in [6.45, 7) is 7.43. The molecule has 0 spiro atoms. The molecule has 1 amide bonds. The predicted molar refractivity (Wildman–Crippen MR) is 139 cm³/mol. The average Bonchev–Trinajstić information content (AvgIpc) is 3.20. The highest BCUT2D eigenvalue weighted by molar-refractivity contribution is 6.30. The zero-order valence-electron chi connectivity index (χ0n) is 20.2. The van der Waals surface area contributed by atoms with Gasteiger partial charge in [0.05, 0.1) is 22.8 Å². The third kappa shape index (κ3) is 5.09. The smallest absolute Gasteiger partial charge is 0.231 e. The van der Waals surface area contributed by atoms with E-state index in [1.807, 2.05) is 36.9 Å². The van der Waals surface area contributed by atoms with E-state index < -0.39 is 0 Å². The Kier molecular flexibility index (Phi) is 6.71. The first kappa shape index (κ1) is 24.0. The highest BCUT2D eigenvalue weighted by atomic mass is 35.5. The van der Waals surface area contributed by atoms with Gasteiger partial charge in [-0.05, 0) is 43.2 Å². The van der Waals surface area contributed by atoms with Crippen LogP contribution in [0.1, 0.15) is 17.0 Å². The molecule has 0 bridgehead atoms. The number of aryl methyl sites for hydroxylation is 2. The summed E-state index contributed by atoms with van der Waals surface area (Å²) in [6.07, 6.45) is 3.38. The fourth-order valence-electron chi connectivity index (χ4n) is 4.51. The molecule has 3 N–H and O–H groups in total. The van der Waals surface area contributed by atoms with Gasteiger partial charge in [-0.25, -0.2) is 4.98 Å². The van der Waals surface area contributed by atoms with Crippen LogP contribution >= 0.6 is 11.6 Å². The highest BCUT2D eigenvalue weighted by Crippen LogP contribution is 2.32. The first-order chi connectivity index (χ1) is 17.4. The Morgan fingerprint density at radius 3 is 2.64 bits per heavy atom. The number of carbonyl (C=O) groups is 1. The molecular weight excluding hydrogens is 480 g/mol. The molecular formula is C25H27ClN8O2. The van der Waals surface area contributed by atoms with Crippen molar-refractivity contribution in [2.24, 2.45) is 5.73 Å². The molecule has 0 unspecified atom stereocenters. The number of rotatable bonds is 7. The summed E-state index contributed by atoms with van der Waals surface area (Å²) in [6, 6.07) is 7.96. The minimum absolute atomic E-state index is 0.261. The molecule has 36 heavy (non-hydrogen) atoms. The Balaban J connectivity index is 1.50. The van der Waals surface area contributed by atoms with Gasteiger partial charge in [0.25, 0.3) is 0 Å². The lowest BCUT2D eigenvalue weighted by atomic mass is 10.0. The van der Waals surface area contributed by atoms with Crippen molar-refractivity contribution in [3.63, 3.8) is 0 Å². The second-order valence-corrected chi connectivity index (χ2v) is 9.33. The molecule has 5 rings (SSSR count). The Hall–Kier alpha value is -3.76. The number of hydrogen-bond acceptors (Lipinski definition) is 9. The minimum atomic E-state index is -0.318. The number of piperazine rings is 1. The number of pyridine rings is 1. The Bertz CT molecular complexity index is 1400. The van der Waals surface area contributed by atoms with Crippen LogP contribution < -0.4 is 16.0 Å². The molecule has 11 heteroatoms. The molecule has 1 aromatic carbocycles. The summed E-state index contributed by atoms with van der Waals surface area (Å²) in [5, 5.41) is 9.03. The van der Waals surface area contributed by atoms with Crippen LogP contribution in [0.2, 0.25) is 5.02 Å². The molecule has 1 saturated heterocycles. The van der Waals surface area contributed by atoms with Crippen LogP contribution in [0.4, 0.5) is 11.8 Å². The second-order valence-electron chi connectivity index (χ2n) is 8.90. The van der Waals surface area contributed by atoms with Gasteiger partial charge in [0, 0.05) is 56.1 Å². The van der Waals surface area contributed by atoms with Crippen molar-refractivity contribution < 1.29 is 9.32 Å². The van der Waals surface area contributed by atoms with Gasteiger partial charge in [0.15, 0.2) is 0 Å². The molecule has 4 aromatic rings. The van der Waals surface area contributed by atoms with E-state index in [2.05, 4.69) is 26.4 Å². The Labute approximate surface area is 213 Å². The van der Waals surface area contributed by atoms with Crippen molar-refractivity contribution in [2.75, 3.05) is 42.9 Å². The molecule has 4 heterocycles. The number of aromatic nitrogens is 4. The van der Waals surface area contributed by atoms with Gasteiger partial charge in [-0.15, -0.1) is 0 Å². The van der Waals surface area contributed by atoms with Crippen LogP contribution in [0.5, 0.6) is 0 Å². The standard InChI is InChI=1S/C25H27ClN8O2/c1-15-23(16(2)36-32-15)18-3-4-21-20(10-18)24(29-12-17-9-19(26)13-28-11-17)31-25(30-21)34-7-5-33(6-8-34)14-22(27)35/h3-4,9-11,13H,5-8,12,14H2,1-2H3,(H2,27,35)(H,29,30,31). The van der Waals surface area contributed by atoms with Gasteiger partial charge in [-0.2, -0.15) is 4.98 Å². The summed E-state index contributed by atoms with van der Waals surface area (Å²) >= 11 is 6.13. The van der Waals surface area contributed by atoms with Crippen molar-refractivity contribution in [1.82, 2.24) is 25.0 Å². The summed E-state index contributed by atoms with van der Waals surface area (Å²) in [5.74, 6) is 1.79. The van der Waals surface area contributed by atoms with Gasteiger partial charge in [0.1, 0.15) is 11.6 Å². The Morgan fingerprint density at radius 1 is 1.14 bits per heavy atom. The van der Waals surface area contributed by atoms with Gasteiger partial charge in [-0.3, -0.25) is 14.7 Å². The fraction of sp³-hybridized carbons (Fsp3) is 0.320. The fourth-order valence-corrected chi connectivity index (χ4v) is 4.70. The second kappa shape index (κ2) is 10.1. The monoisotopic (exact) mass is 506 g/mol. The number of hydrogen-bond donors (Lipinski definition) is 2. The maximum absolute atomic E-state index is 11.3. The van der Waals surface area contributed by atoms with Crippen molar-refractivity contribution in [1.29, 1.82) is 0 Å². The van der Waals surface area contributed by atoms with E-state index in [9.17, 15) is 4.79 Å². The molecule has 0 aliphatic carbocycles. The van der Waals surface area contributed by atoms with Crippen molar-refractivity contribution in [3.8, 4) is 11.1 Å². The molecule has 1 aliphatic heterocycles. The van der Waals surface area contributed by atoms with E-state index in [-0.39, 0.29) is 12.5 Å². The third-order valence-electron chi connectivity index (χ3n) is 6.26. The first-order valence-corrected chi connectivity index (χ1v) is 12.1. The Morgan fingerprint density at radius 2 is 1.94 bits per heavy atom. The summed E-state index contributed by atoms with van der Waals surface area (Å²) in [7, 11) is 0. The predicted octanol–water partition coefficient (Wildman–Crippen LogP) is 3.17. The number of benzene rings is 1. The van der Waals surface area contributed by atoms with E-state index in [1.54, 1.807) is 12.4 Å². The number of primary amides is 1. The summed E-state index contributed by atoms with van der Waals surface area (Å²) in [5.41, 5.74) is 9.91. The number of anilines is 2. The van der Waals surface area contributed by atoms with Crippen LogP contribution in [0.25, 0.3) is 22.0 Å². The molecule has 3 aromatic heterocycles. The van der Waals surface area contributed by atoms with Crippen molar-refractivity contribution in [2.45, 2.75) is 20.4 Å². The number of nitrogens with zero attached hydrogens (tertiary/aromatic N) is 6. The maximum Gasteiger partial charge on any atom is 0.231 e. The first-order valence-electron chi connectivity index (χ1n) is 11.7. The van der Waals surface area contributed by atoms with Crippen LogP contribution in [0.15, 0.2) is 41.2 Å². The number of nitrogens with two attached hydrogens (primary N) is 1. The van der Waals surface area contributed by atoms with E-state index in [4.69, 9.17) is 31.8 Å². The van der Waals surface area contributed by atoms with Gasteiger partial charge >= 0.3 is 0 Å². The highest BCUT2D eigenvalue weighted by Gasteiger charge is 2.22. The molecule has 10 nitrogen and oxygen atoms in total. The lowest BCUT2D eigenvalue weighted by Crippen LogP contribution is -2.49. The van der Waals surface area contributed by atoms with E-state index in [0.717, 1.165) is 39.0 Å². The molecule has 1 aliphatic rings. The van der Waals surface area contributed by atoms with Crippen LogP contribution in [-0.2, 0) is 11.3 Å². The lowest BCUT2D eigenvalue weighted by molar-refractivity contribution is -0.119. The van der Waals surface area contributed by atoms with Crippen molar-refractivity contribution in [3.05, 3.63) is 58.7 Å². The molecule has 186 valence electrons. The van der Waals surface area contributed by atoms with Gasteiger partial charge in [0.2, 0.25) is 11.9 Å². The van der Waals surface area contributed by atoms with E-state index in [1.165, 1.54) is 0 Å². The summed E-state index contributed by atoms with van der Waals surface area (Å²) in [4.78, 5) is 29.4. The quantitative estimate of drug-likeness (QED) is 0.388. The van der Waals surface area contributed by atoms with E-state index >= 15 is 0 Å². The zero-order valence-corrected chi connectivity index (χ0v) is 20.9. The van der Waals surface area contributed by atoms with Gasteiger partial charge < -0.3 is 20.5 Å². The number of nitrogens with one attached hydrogen (secondary N) is 1. The van der Waals surface area contributed by atoms with Crippen LogP contribution in [0, 0.1) is 13.8 Å². The largest absolute Gasteiger partial charge is 0.369 e. The minimum Gasteiger partial charge on any atom is -0.369 e. The van der Waals surface area contributed by atoms with Crippen LogP contribution in [0.3, 0.4) is 0 Å². The van der Waals surface area contributed by atoms with Crippen molar-refractivity contribution >= 4 is 40.2 Å². The number of halogens is 1. The topological polar surface area (TPSA) is 126 Å².